The van der Waals surface area contributed by atoms with Gasteiger partial charge in [0.15, 0.2) is 0 Å². The molecule has 0 aromatic carbocycles. The molecule has 10 heavy (non-hydrogen) atoms. The fourth-order valence-corrected chi connectivity index (χ4v) is 1.77. The Morgan fingerprint density at radius 2 is 1.90 bits per heavy atom. The molecule has 56 valence electrons. The molecule has 2 aliphatic rings. The normalized spacial score (nSPS) is 38.2. The molecule has 0 saturated carbocycles. The lowest BCUT2D eigenvalue weighted by Gasteiger charge is -2.20. The van der Waals surface area contributed by atoms with E-state index in [2.05, 4.69) is 5.16 Å². The molecule has 2 rings (SSSR count). The van der Waals surface area contributed by atoms with Crippen LogP contribution in [0.25, 0.3) is 0 Å². The molecular weight excluding hydrogens is 130 g/mol. The third kappa shape index (κ3) is 0.904. The lowest BCUT2D eigenvalue weighted by atomic mass is 10.1. The molecule has 1 N–H and O–H groups in total. The summed E-state index contributed by atoms with van der Waals surface area (Å²) in [7, 11) is 0. The third-order valence-electron chi connectivity index (χ3n) is 2.26. The monoisotopic (exact) mass is 141 g/mol. The van der Waals surface area contributed by atoms with E-state index < -0.39 is 0 Å². The van der Waals surface area contributed by atoms with E-state index in [1.807, 2.05) is 0 Å². The summed E-state index contributed by atoms with van der Waals surface area (Å²) in [6.07, 6.45) is 4.67. The summed E-state index contributed by atoms with van der Waals surface area (Å²) < 4.78 is 5.54. The van der Waals surface area contributed by atoms with Crippen molar-refractivity contribution in [3.8, 4) is 0 Å². The summed E-state index contributed by atoms with van der Waals surface area (Å²) >= 11 is 0. The summed E-state index contributed by atoms with van der Waals surface area (Å²) in [6.45, 7) is 0. The Kier molecular flexibility index (Phi) is 1.38. The van der Waals surface area contributed by atoms with Crippen molar-refractivity contribution >= 4 is 5.71 Å². The number of rotatable bonds is 0. The van der Waals surface area contributed by atoms with Gasteiger partial charge in [-0.2, -0.15) is 0 Å². The van der Waals surface area contributed by atoms with Crippen LogP contribution in [0.15, 0.2) is 5.16 Å². The maximum atomic E-state index is 8.49. The van der Waals surface area contributed by atoms with E-state index in [0.717, 1.165) is 31.4 Å². The van der Waals surface area contributed by atoms with E-state index in [1.54, 1.807) is 0 Å². The van der Waals surface area contributed by atoms with Crippen molar-refractivity contribution in [3.05, 3.63) is 0 Å². The second kappa shape index (κ2) is 2.23. The van der Waals surface area contributed by atoms with Gasteiger partial charge in [-0.25, -0.2) is 0 Å². The van der Waals surface area contributed by atoms with Crippen LogP contribution in [0, 0.1) is 0 Å². The highest BCUT2D eigenvalue weighted by molar-refractivity contribution is 5.85. The van der Waals surface area contributed by atoms with Crippen molar-refractivity contribution in [3.63, 3.8) is 0 Å². The second-order valence-electron chi connectivity index (χ2n) is 3.03. The quantitative estimate of drug-likeness (QED) is 0.406. The van der Waals surface area contributed by atoms with Gasteiger partial charge in [0, 0.05) is 12.8 Å². The molecule has 2 aliphatic heterocycles. The Hall–Kier alpha value is -0.570. The van der Waals surface area contributed by atoms with Crippen LogP contribution in [-0.2, 0) is 4.74 Å². The van der Waals surface area contributed by atoms with E-state index in [9.17, 15) is 0 Å². The molecule has 0 aromatic rings. The van der Waals surface area contributed by atoms with Crippen LogP contribution < -0.4 is 0 Å². The number of hydrogen-bond donors (Lipinski definition) is 1. The first-order valence-corrected chi connectivity index (χ1v) is 3.74. The van der Waals surface area contributed by atoms with Crippen molar-refractivity contribution in [1.29, 1.82) is 0 Å². The topological polar surface area (TPSA) is 41.8 Å². The van der Waals surface area contributed by atoms with E-state index in [1.165, 1.54) is 0 Å². The Balaban J connectivity index is 2.09. The summed E-state index contributed by atoms with van der Waals surface area (Å²) in [5, 5.41) is 11.7. The van der Waals surface area contributed by atoms with Crippen molar-refractivity contribution in [2.75, 3.05) is 0 Å². The molecular formula is C7H11NO2. The lowest BCUT2D eigenvalue weighted by molar-refractivity contribution is 0.0389. The van der Waals surface area contributed by atoms with Gasteiger partial charge in [0.25, 0.3) is 0 Å². The van der Waals surface area contributed by atoms with E-state index in [-0.39, 0.29) is 0 Å². The van der Waals surface area contributed by atoms with Gasteiger partial charge in [-0.15, -0.1) is 0 Å². The molecule has 2 heterocycles. The Morgan fingerprint density at radius 1 is 1.30 bits per heavy atom. The van der Waals surface area contributed by atoms with Crippen LogP contribution in [0.4, 0.5) is 0 Å². The number of hydrogen-bond acceptors (Lipinski definition) is 3. The molecule has 0 radical (unpaired) electrons. The van der Waals surface area contributed by atoms with E-state index >= 15 is 0 Å². The van der Waals surface area contributed by atoms with Crippen LogP contribution in [0.2, 0.25) is 0 Å². The summed E-state index contributed by atoms with van der Waals surface area (Å²) in [5.41, 5.74) is 0.916. The standard InChI is InChI=1S/C7H11NO2/c9-8-5-3-6-1-2-7(4-5)10-6/h6-7,9H,1-4H2. The average molecular weight is 141 g/mol. The number of oxime groups is 1. The smallest absolute Gasteiger partial charge is 0.0633 e. The fourth-order valence-electron chi connectivity index (χ4n) is 1.77. The molecule has 3 nitrogen and oxygen atoms in total. The maximum Gasteiger partial charge on any atom is 0.0633 e. The first kappa shape index (κ1) is 6.16. The summed E-state index contributed by atoms with van der Waals surface area (Å²) in [6, 6.07) is 0. The third-order valence-corrected chi connectivity index (χ3v) is 2.26. The average Bonchev–Trinajstić information content (AvgIpc) is 2.30. The maximum absolute atomic E-state index is 8.49. The number of fused-ring (bicyclic) bond motifs is 2. The molecule has 0 amide bonds. The zero-order valence-corrected chi connectivity index (χ0v) is 5.79. The van der Waals surface area contributed by atoms with Gasteiger partial charge < -0.3 is 9.94 Å². The number of nitrogens with zero attached hydrogens (tertiary/aromatic N) is 1. The molecule has 2 saturated heterocycles. The zero-order valence-electron chi connectivity index (χ0n) is 5.79. The fraction of sp³-hybridized carbons (Fsp3) is 0.857. The Labute approximate surface area is 59.7 Å². The first-order chi connectivity index (χ1) is 4.88. The largest absolute Gasteiger partial charge is 0.411 e. The van der Waals surface area contributed by atoms with Gasteiger partial charge in [0.2, 0.25) is 0 Å². The highest BCUT2D eigenvalue weighted by Gasteiger charge is 2.32. The van der Waals surface area contributed by atoms with Gasteiger partial charge >= 0.3 is 0 Å². The lowest BCUT2D eigenvalue weighted by Crippen LogP contribution is -2.24. The second-order valence-corrected chi connectivity index (χ2v) is 3.03. The van der Waals surface area contributed by atoms with Crippen LogP contribution >= 0.6 is 0 Å². The van der Waals surface area contributed by atoms with Crippen LogP contribution in [-0.4, -0.2) is 23.1 Å². The van der Waals surface area contributed by atoms with Gasteiger partial charge in [0.05, 0.1) is 17.9 Å². The predicted octanol–water partition coefficient (Wildman–Crippen LogP) is 1.16. The summed E-state index contributed by atoms with van der Waals surface area (Å²) in [4.78, 5) is 0. The Bertz CT molecular complexity index is 153. The zero-order chi connectivity index (χ0) is 6.97. The van der Waals surface area contributed by atoms with Crippen molar-refractivity contribution in [2.24, 2.45) is 5.16 Å². The minimum atomic E-state index is 0.352. The van der Waals surface area contributed by atoms with E-state index in [0.29, 0.717) is 12.2 Å². The first-order valence-electron chi connectivity index (χ1n) is 3.74. The van der Waals surface area contributed by atoms with Gasteiger partial charge in [-0.1, -0.05) is 5.16 Å². The molecule has 2 bridgehead atoms. The molecule has 2 fully saturated rings. The van der Waals surface area contributed by atoms with Crippen LogP contribution in [0.3, 0.4) is 0 Å². The van der Waals surface area contributed by atoms with Crippen molar-refractivity contribution in [2.45, 2.75) is 37.9 Å². The highest BCUT2D eigenvalue weighted by atomic mass is 16.5. The molecule has 0 aliphatic carbocycles. The van der Waals surface area contributed by atoms with Crippen molar-refractivity contribution in [1.82, 2.24) is 0 Å². The minimum Gasteiger partial charge on any atom is -0.411 e. The molecule has 0 aromatic heterocycles. The van der Waals surface area contributed by atoms with Gasteiger partial charge in [-0.05, 0) is 12.8 Å². The Morgan fingerprint density at radius 3 is 2.40 bits per heavy atom. The minimum absolute atomic E-state index is 0.352. The highest BCUT2D eigenvalue weighted by Crippen LogP contribution is 2.30. The predicted molar refractivity (Wildman–Crippen MR) is 36.4 cm³/mol. The van der Waals surface area contributed by atoms with Crippen LogP contribution in [0.1, 0.15) is 25.7 Å². The SMILES string of the molecule is ON=C1CC2CCC(C1)O2. The van der Waals surface area contributed by atoms with Crippen molar-refractivity contribution < 1.29 is 9.94 Å². The molecule has 3 heteroatoms. The molecule has 2 atom stereocenters. The van der Waals surface area contributed by atoms with Gasteiger partial charge in [-0.3, -0.25) is 0 Å². The summed E-state index contributed by atoms with van der Waals surface area (Å²) in [5.74, 6) is 0. The molecule has 2 unspecified atom stereocenters. The number of ether oxygens (including phenoxy) is 1. The van der Waals surface area contributed by atoms with Crippen LogP contribution in [0.5, 0.6) is 0 Å². The van der Waals surface area contributed by atoms with E-state index in [4.69, 9.17) is 9.94 Å². The van der Waals surface area contributed by atoms with Gasteiger partial charge in [0.1, 0.15) is 0 Å². The molecule has 0 spiro atoms.